The molecule has 0 saturated heterocycles. The molecule has 0 atom stereocenters. The van der Waals surface area contributed by atoms with Crippen LogP contribution < -0.4 is 11.3 Å². The van der Waals surface area contributed by atoms with Crippen LogP contribution in [0.5, 0.6) is 0 Å². The summed E-state index contributed by atoms with van der Waals surface area (Å²) in [4.78, 5) is 11.3. The molecular formula is C13H20N4O. The van der Waals surface area contributed by atoms with Crippen LogP contribution >= 0.6 is 0 Å². The number of nitrogens with one attached hydrogen (secondary N) is 1. The van der Waals surface area contributed by atoms with Crippen molar-refractivity contribution in [3.8, 4) is 0 Å². The molecule has 2 amide bonds. The van der Waals surface area contributed by atoms with E-state index in [2.05, 4.69) is 10.5 Å². The highest BCUT2D eigenvalue weighted by molar-refractivity contribution is 5.95. The van der Waals surface area contributed by atoms with E-state index in [4.69, 9.17) is 5.84 Å². The van der Waals surface area contributed by atoms with E-state index < -0.39 is 0 Å². The number of hydrogen-bond donors (Lipinski definition) is 2. The van der Waals surface area contributed by atoms with Gasteiger partial charge in [-0.25, -0.2) is 16.1 Å². The van der Waals surface area contributed by atoms with Crippen molar-refractivity contribution in [2.75, 3.05) is 6.54 Å². The van der Waals surface area contributed by atoms with Gasteiger partial charge in [-0.2, -0.15) is 5.10 Å². The fraction of sp³-hybridized carbons (Fsp3) is 0.846. The lowest BCUT2D eigenvalue weighted by Gasteiger charge is -2.55. The molecule has 5 nitrogen and oxygen atoms in total. The van der Waals surface area contributed by atoms with E-state index in [0.717, 1.165) is 29.4 Å². The maximum Gasteiger partial charge on any atom is 0.352 e. The van der Waals surface area contributed by atoms with Crippen molar-refractivity contribution in [2.24, 2.45) is 40.5 Å². The van der Waals surface area contributed by atoms with Crippen LogP contribution in [0.4, 0.5) is 4.79 Å². The maximum atomic E-state index is 11.3. The Balaban J connectivity index is 1.60. The molecule has 0 spiro atoms. The van der Waals surface area contributed by atoms with Gasteiger partial charge in [-0.3, -0.25) is 5.01 Å². The number of carbonyl (C=O) groups excluding carboxylic acids is 1. The van der Waals surface area contributed by atoms with Crippen molar-refractivity contribution in [2.45, 2.75) is 32.1 Å². The molecule has 5 rings (SSSR count). The van der Waals surface area contributed by atoms with E-state index in [9.17, 15) is 4.79 Å². The highest BCUT2D eigenvalue weighted by Gasteiger charge is 2.50. The van der Waals surface area contributed by atoms with Gasteiger partial charge in [0.15, 0.2) is 0 Å². The number of hydrazine groups is 1. The number of amides is 2. The molecule has 4 aliphatic carbocycles. The molecule has 98 valence electrons. The lowest BCUT2D eigenvalue weighted by molar-refractivity contribution is -0.00974. The Morgan fingerprint density at radius 3 is 2.28 bits per heavy atom. The summed E-state index contributed by atoms with van der Waals surface area (Å²) >= 11 is 0. The van der Waals surface area contributed by atoms with Gasteiger partial charge in [0.25, 0.3) is 0 Å². The second-order valence-electron chi connectivity index (χ2n) is 6.60. The summed E-state index contributed by atoms with van der Waals surface area (Å²) in [7, 11) is 0. The summed E-state index contributed by atoms with van der Waals surface area (Å²) in [6.07, 6.45) is 6.95. The first-order chi connectivity index (χ1) is 8.70. The van der Waals surface area contributed by atoms with Crippen LogP contribution in [0.1, 0.15) is 32.1 Å². The first-order valence-corrected chi connectivity index (χ1v) is 7.09. The third-order valence-corrected chi connectivity index (χ3v) is 5.50. The van der Waals surface area contributed by atoms with E-state index in [1.807, 2.05) is 0 Å². The normalized spacial score (nSPS) is 46.1. The van der Waals surface area contributed by atoms with Crippen molar-refractivity contribution >= 4 is 11.7 Å². The molecule has 0 radical (unpaired) electrons. The zero-order valence-corrected chi connectivity index (χ0v) is 10.5. The zero-order valence-electron chi connectivity index (χ0n) is 10.5. The lowest BCUT2D eigenvalue weighted by atomic mass is 9.51. The van der Waals surface area contributed by atoms with Crippen molar-refractivity contribution < 1.29 is 4.79 Å². The zero-order chi connectivity index (χ0) is 12.3. The summed E-state index contributed by atoms with van der Waals surface area (Å²) < 4.78 is 0. The molecule has 0 aromatic rings. The lowest BCUT2D eigenvalue weighted by Crippen LogP contribution is -2.56. The van der Waals surface area contributed by atoms with E-state index in [-0.39, 0.29) is 6.03 Å². The van der Waals surface area contributed by atoms with Gasteiger partial charge in [0.05, 0.1) is 12.3 Å². The smallest absolute Gasteiger partial charge is 0.255 e. The van der Waals surface area contributed by atoms with E-state index in [1.54, 1.807) is 0 Å². The number of urea groups is 1. The topological polar surface area (TPSA) is 70.7 Å². The van der Waals surface area contributed by atoms with Gasteiger partial charge in [0.2, 0.25) is 0 Å². The van der Waals surface area contributed by atoms with Crippen LogP contribution in [-0.2, 0) is 0 Å². The Morgan fingerprint density at radius 1 is 1.11 bits per heavy atom. The first kappa shape index (κ1) is 10.8. The van der Waals surface area contributed by atoms with Crippen molar-refractivity contribution in [3.05, 3.63) is 0 Å². The third kappa shape index (κ3) is 1.49. The van der Waals surface area contributed by atoms with Gasteiger partial charge < -0.3 is 0 Å². The number of hydrogen-bond acceptors (Lipinski definition) is 3. The van der Waals surface area contributed by atoms with Gasteiger partial charge in [0.1, 0.15) is 0 Å². The average Bonchev–Trinajstić information content (AvgIpc) is 2.32. The molecule has 0 aromatic carbocycles. The second-order valence-corrected chi connectivity index (χ2v) is 6.60. The number of nitrogens with two attached hydrogens (primary N) is 1. The van der Waals surface area contributed by atoms with Crippen LogP contribution in [0.2, 0.25) is 0 Å². The SMILES string of the molecule is NN1CC(C2C3CC4CC(C3)CC2C4)=NNC1=O. The predicted molar refractivity (Wildman–Crippen MR) is 67.4 cm³/mol. The molecule has 1 heterocycles. The predicted octanol–water partition coefficient (Wildman–Crippen LogP) is 1.31. The molecule has 18 heavy (non-hydrogen) atoms. The summed E-state index contributed by atoms with van der Waals surface area (Å²) in [5.74, 6) is 9.80. The Labute approximate surface area is 107 Å². The molecule has 3 N–H and O–H groups in total. The molecule has 5 aliphatic rings. The number of rotatable bonds is 1. The molecule has 5 heteroatoms. The average molecular weight is 248 g/mol. The van der Waals surface area contributed by atoms with Gasteiger partial charge in [0, 0.05) is 5.92 Å². The summed E-state index contributed by atoms with van der Waals surface area (Å²) in [6.45, 7) is 0.513. The maximum absolute atomic E-state index is 11.3. The molecule has 4 fully saturated rings. The summed E-state index contributed by atoms with van der Waals surface area (Å²) in [5.41, 5.74) is 3.66. The molecule has 0 unspecified atom stereocenters. The van der Waals surface area contributed by atoms with Crippen molar-refractivity contribution in [1.29, 1.82) is 0 Å². The van der Waals surface area contributed by atoms with Crippen LogP contribution in [-0.4, -0.2) is 23.3 Å². The minimum absolute atomic E-state index is 0.289. The molecule has 4 saturated carbocycles. The summed E-state index contributed by atoms with van der Waals surface area (Å²) in [5, 5.41) is 5.56. The Bertz CT molecular complexity index is 391. The van der Waals surface area contributed by atoms with Crippen LogP contribution in [0, 0.1) is 29.6 Å². The van der Waals surface area contributed by atoms with E-state index >= 15 is 0 Å². The Morgan fingerprint density at radius 2 is 1.72 bits per heavy atom. The first-order valence-electron chi connectivity index (χ1n) is 7.09. The van der Waals surface area contributed by atoms with E-state index in [0.29, 0.717) is 12.5 Å². The van der Waals surface area contributed by atoms with Crippen LogP contribution in [0.15, 0.2) is 5.10 Å². The monoisotopic (exact) mass is 248 g/mol. The molecule has 4 bridgehead atoms. The minimum atomic E-state index is -0.289. The molecule has 0 aromatic heterocycles. The Hall–Kier alpha value is -1.10. The fourth-order valence-corrected chi connectivity index (χ4v) is 5.11. The standard InChI is InChI=1S/C13H20N4O/c14-17-6-11(15-16-13(17)18)12-9-2-7-1-8(4-9)5-10(12)3-7/h7-10,12H,1-6,14H2,(H,16,18). The highest BCUT2D eigenvalue weighted by atomic mass is 16.2. The highest BCUT2D eigenvalue weighted by Crippen LogP contribution is 2.56. The number of carbonyl (C=O) groups is 1. The largest absolute Gasteiger partial charge is 0.352 e. The van der Waals surface area contributed by atoms with Crippen molar-refractivity contribution in [3.63, 3.8) is 0 Å². The number of hydrazone groups is 1. The second kappa shape index (κ2) is 3.70. The van der Waals surface area contributed by atoms with Gasteiger partial charge in [-0.05, 0) is 55.8 Å². The van der Waals surface area contributed by atoms with Gasteiger partial charge >= 0.3 is 6.03 Å². The Kier molecular flexibility index (Phi) is 2.22. The third-order valence-electron chi connectivity index (χ3n) is 5.50. The van der Waals surface area contributed by atoms with Crippen LogP contribution in [0.3, 0.4) is 0 Å². The summed E-state index contributed by atoms with van der Waals surface area (Å²) in [6, 6.07) is -0.289. The number of nitrogens with zero attached hydrogens (tertiary/aromatic N) is 2. The van der Waals surface area contributed by atoms with Crippen LogP contribution in [0.25, 0.3) is 0 Å². The molecular weight excluding hydrogens is 228 g/mol. The quantitative estimate of drug-likeness (QED) is 0.542. The van der Waals surface area contributed by atoms with Crippen molar-refractivity contribution in [1.82, 2.24) is 10.4 Å². The molecule has 1 aliphatic heterocycles. The fourth-order valence-electron chi connectivity index (χ4n) is 5.11. The van der Waals surface area contributed by atoms with E-state index in [1.165, 1.54) is 37.1 Å². The van der Waals surface area contributed by atoms with Gasteiger partial charge in [-0.15, -0.1) is 0 Å². The van der Waals surface area contributed by atoms with Gasteiger partial charge in [-0.1, -0.05) is 0 Å². The minimum Gasteiger partial charge on any atom is -0.255 e.